The van der Waals surface area contributed by atoms with E-state index in [9.17, 15) is 24.6 Å². The molecule has 2 saturated carbocycles. The van der Waals surface area contributed by atoms with Crippen LogP contribution in [0.15, 0.2) is 11.6 Å². The van der Waals surface area contributed by atoms with E-state index in [4.69, 9.17) is 4.74 Å². The van der Waals surface area contributed by atoms with Crippen molar-refractivity contribution >= 4 is 17.6 Å². The van der Waals surface area contributed by atoms with E-state index in [2.05, 4.69) is 10.6 Å². The van der Waals surface area contributed by atoms with Gasteiger partial charge in [0, 0.05) is 6.08 Å². The molecule has 1 heterocycles. The molecule has 4 N–H and O–H groups in total. The average Bonchev–Trinajstić information content (AvgIpc) is 3.57. The van der Waals surface area contributed by atoms with Crippen molar-refractivity contribution in [3.63, 3.8) is 0 Å². The molecule has 0 bridgehead atoms. The van der Waals surface area contributed by atoms with Crippen molar-refractivity contribution in [1.82, 2.24) is 10.6 Å². The maximum absolute atomic E-state index is 12.8. The van der Waals surface area contributed by atoms with Crippen molar-refractivity contribution < 1.29 is 29.3 Å². The van der Waals surface area contributed by atoms with Crippen LogP contribution in [0.3, 0.4) is 0 Å². The van der Waals surface area contributed by atoms with Gasteiger partial charge in [-0.15, -0.1) is 0 Å². The molecule has 5 atom stereocenters. The number of aliphatic hydroxyl groups excluding tert-OH is 2. The molecular weight excluding hydrogens is 412 g/mol. The second-order valence-electron chi connectivity index (χ2n) is 10.1. The standard InChI is InChI=1S/C24H38N2O6/c1-15(2)9-19(22(30)24(13-28)14-32-24)26-23(31)20(12-27)25-21(29)11-16-7-8-17-5-3-4-6-18(17)10-16/h11,15,17-20,27-28H,3-10,12-14H2,1-2H3,(H,25,29)(H,26,31)/b16-11+/t17?,18?,19?,20-,24?/m0/s1. The first kappa shape index (κ1) is 24.9. The van der Waals surface area contributed by atoms with E-state index in [0.29, 0.717) is 12.3 Å². The van der Waals surface area contributed by atoms with Crippen molar-refractivity contribution in [1.29, 1.82) is 0 Å². The first-order chi connectivity index (χ1) is 15.3. The van der Waals surface area contributed by atoms with Crippen molar-refractivity contribution in [2.45, 2.75) is 82.9 Å². The van der Waals surface area contributed by atoms with Gasteiger partial charge in [0.1, 0.15) is 6.04 Å². The largest absolute Gasteiger partial charge is 0.394 e. The fourth-order valence-corrected chi connectivity index (χ4v) is 5.16. The highest BCUT2D eigenvalue weighted by atomic mass is 16.6. The van der Waals surface area contributed by atoms with E-state index in [1.807, 2.05) is 13.8 Å². The molecule has 0 aromatic heterocycles. The van der Waals surface area contributed by atoms with Gasteiger partial charge in [-0.1, -0.05) is 38.7 Å². The Kier molecular flexibility index (Phi) is 8.47. The summed E-state index contributed by atoms with van der Waals surface area (Å²) in [4.78, 5) is 38.1. The molecule has 2 aliphatic carbocycles. The summed E-state index contributed by atoms with van der Waals surface area (Å²) >= 11 is 0. The molecule has 4 unspecified atom stereocenters. The number of Topliss-reactive ketones (excluding diaryl/α,β-unsaturated/α-hetero) is 1. The number of nitrogens with one attached hydrogen (secondary N) is 2. The molecule has 0 spiro atoms. The van der Waals surface area contributed by atoms with Gasteiger partial charge in [-0.05, 0) is 49.9 Å². The van der Waals surface area contributed by atoms with Gasteiger partial charge in [-0.25, -0.2) is 0 Å². The van der Waals surface area contributed by atoms with E-state index in [1.54, 1.807) is 6.08 Å². The van der Waals surface area contributed by atoms with Gasteiger partial charge in [0.2, 0.25) is 11.8 Å². The number of amides is 2. The van der Waals surface area contributed by atoms with Crippen LogP contribution in [0.2, 0.25) is 0 Å². The van der Waals surface area contributed by atoms with Crippen molar-refractivity contribution in [2.24, 2.45) is 17.8 Å². The topological polar surface area (TPSA) is 128 Å². The lowest BCUT2D eigenvalue weighted by atomic mass is 9.69. The zero-order valence-corrected chi connectivity index (χ0v) is 19.3. The Labute approximate surface area is 190 Å². The summed E-state index contributed by atoms with van der Waals surface area (Å²) < 4.78 is 5.15. The zero-order chi connectivity index (χ0) is 23.3. The Bertz CT molecular complexity index is 730. The summed E-state index contributed by atoms with van der Waals surface area (Å²) in [5.41, 5.74) is -0.140. The fourth-order valence-electron chi connectivity index (χ4n) is 5.16. The maximum atomic E-state index is 12.8. The minimum Gasteiger partial charge on any atom is -0.394 e. The first-order valence-electron chi connectivity index (χ1n) is 12.0. The Hall–Kier alpha value is -1.77. The Morgan fingerprint density at radius 3 is 2.38 bits per heavy atom. The number of allylic oxidation sites excluding steroid dienone is 1. The molecule has 3 rings (SSSR count). The van der Waals surface area contributed by atoms with E-state index in [-0.39, 0.29) is 18.3 Å². The smallest absolute Gasteiger partial charge is 0.245 e. The number of hydrogen-bond donors (Lipinski definition) is 4. The number of ketones is 1. The predicted octanol–water partition coefficient (Wildman–Crippen LogP) is 1.24. The highest BCUT2D eigenvalue weighted by molar-refractivity contribution is 5.99. The number of carbonyl (C=O) groups excluding carboxylic acids is 3. The summed E-state index contributed by atoms with van der Waals surface area (Å²) in [7, 11) is 0. The normalized spacial score (nSPS) is 30.3. The molecule has 1 aliphatic heterocycles. The summed E-state index contributed by atoms with van der Waals surface area (Å²) in [6, 6.07) is -2.01. The molecule has 32 heavy (non-hydrogen) atoms. The van der Waals surface area contributed by atoms with Crippen LogP contribution in [0.4, 0.5) is 0 Å². The van der Waals surface area contributed by atoms with Gasteiger partial charge in [0.15, 0.2) is 11.4 Å². The Morgan fingerprint density at radius 2 is 1.78 bits per heavy atom. The summed E-state index contributed by atoms with van der Waals surface area (Å²) in [5, 5.41) is 24.4. The lowest BCUT2D eigenvalue weighted by Gasteiger charge is -2.36. The van der Waals surface area contributed by atoms with Crippen LogP contribution in [0.5, 0.6) is 0 Å². The first-order valence-corrected chi connectivity index (χ1v) is 12.0. The summed E-state index contributed by atoms with van der Waals surface area (Å²) in [6.45, 7) is 2.96. The molecule has 2 amide bonds. The van der Waals surface area contributed by atoms with Gasteiger partial charge in [0.25, 0.3) is 0 Å². The van der Waals surface area contributed by atoms with Crippen molar-refractivity contribution in [2.75, 3.05) is 19.8 Å². The second kappa shape index (κ2) is 10.9. The molecule has 3 fully saturated rings. The van der Waals surface area contributed by atoms with Crippen LogP contribution in [0, 0.1) is 17.8 Å². The van der Waals surface area contributed by atoms with Crippen molar-refractivity contribution in [3.05, 3.63) is 11.6 Å². The number of epoxide rings is 1. The Morgan fingerprint density at radius 1 is 1.09 bits per heavy atom. The van der Waals surface area contributed by atoms with Crippen LogP contribution in [-0.2, 0) is 19.1 Å². The number of rotatable bonds is 10. The molecule has 0 radical (unpaired) electrons. The van der Waals surface area contributed by atoms with Crippen LogP contribution in [-0.4, -0.2) is 65.3 Å². The number of aliphatic hydroxyl groups is 2. The summed E-state index contributed by atoms with van der Waals surface area (Å²) in [5.74, 6) is 0.139. The molecule has 3 aliphatic rings. The molecule has 1 saturated heterocycles. The van der Waals surface area contributed by atoms with Gasteiger partial charge < -0.3 is 25.6 Å². The third kappa shape index (κ3) is 6.17. The van der Waals surface area contributed by atoms with E-state index < -0.39 is 42.7 Å². The SMILES string of the molecule is CC(C)CC(NC(=O)[C@H](CO)NC(=O)/C=C1\CCC2CCCCC2C1)C(=O)C1(CO)CO1. The monoisotopic (exact) mass is 450 g/mol. The third-order valence-corrected chi connectivity index (χ3v) is 7.12. The quantitative estimate of drug-likeness (QED) is 0.293. The van der Waals surface area contributed by atoms with Gasteiger partial charge >= 0.3 is 0 Å². The van der Waals surface area contributed by atoms with Crippen LogP contribution in [0.25, 0.3) is 0 Å². The molecule has 0 aromatic rings. The number of carbonyl (C=O) groups is 3. The lowest BCUT2D eigenvalue weighted by molar-refractivity contribution is -0.134. The van der Waals surface area contributed by atoms with Crippen LogP contribution < -0.4 is 10.6 Å². The molecule has 8 heteroatoms. The number of ether oxygens (including phenoxy) is 1. The van der Waals surface area contributed by atoms with Crippen LogP contribution >= 0.6 is 0 Å². The summed E-state index contributed by atoms with van der Waals surface area (Å²) in [6.07, 6.45) is 9.96. The minimum atomic E-state index is -1.24. The highest BCUT2D eigenvalue weighted by Crippen LogP contribution is 2.42. The minimum absolute atomic E-state index is 0.112. The zero-order valence-electron chi connectivity index (χ0n) is 19.3. The number of hydrogen-bond acceptors (Lipinski definition) is 6. The van der Waals surface area contributed by atoms with E-state index in [1.165, 1.54) is 25.7 Å². The average molecular weight is 451 g/mol. The highest BCUT2D eigenvalue weighted by Gasteiger charge is 2.54. The van der Waals surface area contributed by atoms with Crippen LogP contribution in [0.1, 0.15) is 65.2 Å². The molecular formula is C24H38N2O6. The predicted molar refractivity (Wildman–Crippen MR) is 119 cm³/mol. The Balaban J connectivity index is 1.58. The van der Waals surface area contributed by atoms with E-state index >= 15 is 0 Å². The van der Waals surface area contributed by atoms with Gasteiger partial charge in [-0.3, -0.25) is 14.4 Å². The van der Waals surface area contributed by atoms with E-state index in [0.717, 1.165) is 30.8 Å². The lowest BCUT2D eigenvalue weighted by Crippen LogP contribution is -2.55. The third-order valence-electron chi connectivity index (χ3n) is 7.12. The molecule has 8 nitrogen and oxygen atoms in total. The second-order valence-corrected chi connectivity index (χ2v) is 10.1. The number of fused-ring (bicyclic) bond motifs is 1. The molecule has 180 valence electrons. The maximum Gasteiger partial charge on any atom is 0.245 e. The van der Waals surface area contributed by atoms with Crippen molar-refractivity contribution in [3.8, 4) is 0 Å². The van der Waals surface area contributed by atoms with Gasteiger partial charge in [-0.2, -0.15) is 0 Å². The van der Waals surface area contributed by atoms with Gasteiger partial charge in [0.05, 0.1) is 25.9 Å². The molecule has 0 aromatic carbocycles. The fraction of sp³-hybridized carbons (Fsp3) is 0.792.